The fourth-order valence-corrected chi connectivity index (χ4v) is 4.68. The van der Waals surface area contributed by atoms with Gasteiger partial charge in [0.05, 0.1) is 31.7 Å². The second kappa shape index (κ2) is 9.80. The van der Waals surface area contributed by atoms with Gasteiger partial charge in [-0.2, -0.15) is 5.10 Å². The van der Waals surface area contributed by atoms with Crippen LogP contribution in [0.4, 0.5) is 0 Å². The van der Waals surface area contributed by atoms with E-state index in [1.54, 1.807) is 7.11 Å². The Morgan fingerprint density at radius 3 is 2.45 bits per heavy atom. The summed E-state index contributed by atoms with van der Waals surface area (Å²) in [5.74, 6) is 0.873. The number of thiazole rings is 1. The second-order valence-electron chi connectivity index (χ2n) is 7.40. The van der Waals surface area contributed by atoms with Crippen molar-refractivity contribution in [2.24, 2.45) is 0 Å². The van der Waals surface area contributed by atoms with Crippen molar-refractivity contribution in [3.05, 3.63) is 57.4 Å². The second-order valence-corrected chi connectivity index (χ2v) is 8.38. The largest absolute Gasteiger partial charge is 0.497 e. The van der Waals surface area contributed by atoms with E-state index in [-0.39, 0.29) is 18.3 Å². The molecule has 0 aliphatic carbocycles. The first-order valence-electron chi connectivity index (χ1n) is 10.0. The number of benzene rings is 1. The maximum absolute atomic E-state index is 12.9. The van der Waals surface area contributed by atoms with Gasteiger partial charge in [0.25, 0.3) is 5.91 Å². The Kier molecular flexibility index (Phi) is 7.35. The molecule has 0 bridgehead atoms. The lowest BCUT2D eigenvalue weighted by Crippen LogP contribution is -2.40. The Bertz CT molecular complexity index is 1060. The quantitative estimate of drug-likeness (QED) is 0.577. The van der Waals surface area contributed by atoms with Crippen molar-refractivity contribution in [3.8, 4) is 10.9 Å². The van der Waals surface area contributed by atoms with Gasteiger partial charge in [0.2, 0.25) is 5.13 Å². The fraction of sp³-hybridized carbons (Fsp3) is 0.409. The number of halogens is 1. The maximum atomic E-state index is 12.9. The van der Waals surface area contributed by atoms with Crippen LogP contribution in [0.3, 0.4) is 0 Å². The standard InChI is InChI=1S/C22H26N4O3S.ClH/c1-14-19(13-17-5-7-18(28-4)8-6-17)16(3)26(24-14)22-23-15(2)20(30-22)21(27)25-9-11-29-12-10-25;/h5-8H,9-13H2,1-4H3;1H. The number of ether oxygens (including phenoxy) is 2. The van der Waals surface area contributed by atoms with Gasteiger partial charge in [0.15, 0.2) is 0 Å². The van der Waals surface area contributed by atoms with E-state index in [1.807, 2.05) is 35.6 Å². The summed E-state index contributed by atoms with van der Waals surface area (Å²) < 4.78 is 12.5. The number of carbonyl (C=O) groups excluding carboxylic acids is 1. The van der Waals surface area contributed by atoms with Crippen molar-refractivity contribution in [3.63, 3.8) is 0 Å². The highest BCUT2D eigenvalue weighted by molar-refractivity contribution is 7.16. The zero-order chi connectivity index (χ0) is 21.3. The monoisotopic (exact) mass is 462 g/mol. The van der Waals surface area contributed by atoms with Gasteiger partial charge in [0, 0.05) is 30.8 Å². The topological polar surface area (TPSA) is 69.5 Å². The van der Waals surface area contributed by atoms with Gasteiger partial charge in [-0.3, -0.25) is 4.79 Å². The zero-order valence-corrected chi connectivity index (χ0v) is 19.8. The molecule has 1 aliphatic rings. The molecule has 9 heteroatoms. The number of nitrogens with zero attached hydrogens (tertiary/aromatic N) is 4. The van der Waals surface area contributed by atoms with Crippen LogP contribution in [0.2, 0.25) is 0 Å². The smallest absolute Gasteiger partial charge is 0.266 e. The van der Waals surface area contributed by atoms with Crippen LogP contribution in [0.1, 0.15) is 37.9 Å². The summed E-state index contributed by atoms with van der Waals surface area (Å²) >= 11 is 1.40. The minimum atomic E-state index is 0. The van der Waals surface area contributed by atoms with E-state index in [4.69, 9.17) is 14.6 Å². The van der Waals surface area contributed by atoms with Crippen LogP contribution in [0.5, 0.6) is 5.75 Å². The lowest BCUT2D eigenvalue weighted by Gasteiger charge is -2.26. The molecule has 0 N–H and O–H groups in total. The highest BCUT2D eigenvalue weighted by atomic mass is 35.5. The SMILES string of the molecule is COc1ccc(Cc2c(C)nn(-c3nc(C)c(C(=O)N4CCOCC4)s3)c2C)cc1.Cl. The number of rotatable bonds is 5. The molecule has 1 aromatic carbocycles. The fourth-order valence-electron chi connectivity index (χ4n) is 3.65. The summed E-state index contributed by atoms with van der Waals surface area (Å²) in [7, 11) is 1.67. The van der Waals surface area contributed by atoms with E-state index >= 15 is 0 Å². The Labute approximate surface area is 192 Å². The summed E-state index contributed by atoms with van der Waals surface area (Å²) in [6.45, 7) is 8.37. The molecule has 0 spiro atoms. The van der Waals surface area contributed by atoms with Crippen molar-refractivity contribution >= 4 is 29.7 Å². The van der Waals surface area contributed by atoms with Gasteiger partial charge < -0.3 is 14.4 Å². The third-order valence-electron chi connectivity index (χ3n) is 5.44. The van der Waals surface area contributed by atoms with Gasteiger partial charge in [0.1, 0.15) is 10.6 Å². The number of hydrogen-bond donors (Lipinski definition) is 0. The van der Waals surface area contributed by atoms with Crippen LogP contribution in [0.15, 0.2) is 24.3 Å². The number of hydrogen-bond acceptors (Lipinski definition) is 6. The van der Waals surface area contributed by atoms with E-state index in [1.165, 1.54) is 22.5 Å². The molecular formula is C22H27ClN4O3S. The summed E-state index contributed by atoms with van der Waals surface area (Å²) in [5, 5.41) is 5.46. The van der Waals surface area contributed by atoms with Gasteiger partial charge in [-0.15, -0.1) is 12.4 Å². The van der Waals surface area contributed by atoms with E-state index in [0.717, 1.165) is 34.4 Å². The molecule has 3 heterocycles. The van der Waals surface area contributed by atoms with Crippen molar-refractivity contribution in [1.82, 2.24) is 19.7 Å². The molecule has 4 rings (SSSR count). The van der Waals surface area contributed by atoms with Crippen LogP contribution < -0.4 is 4.74 Å². The Balaban J connectivity index is 0.00000272. The minimum absolute atomic E-state index is 0. The predicted octanol–water partition coefficient (Wildman–Crippen LogP) is 3.75. The molecule has 0 saturated carbocycles. The number of carbonyl (C=O) groups is 1. The Morgan fingerprint density at radius 1 is 1.13 bits per heavy atom. The molecule has 3 aromatic rings. The van der Waals surface area contributed by atoms with Crippen LogP contribution in [-0.4, -0.2) is 59.0 Å². The van der Waals surface area contributed by atoms with E-state index < -0.39 is 0 Å². The molecule has 0 radical (unpaired) electrons. The molecule has 1 saturated heterocycles. The number of morpholine rings is 1. The average Bonchev–Trinajstić information content (AvgIpc) is 3.29. The number of aromatic nitrogens is 3. The molecule has 1 aliphatic heterocycles. The molecule has 0 atom stereocenters. The van der Waals surface area contributed by atoms with E-state index in [2.05, 4.69) is 24.0 Å². The molecule has 0 unspecified atom stereocenters. The van der Waals surface area contributed by atoms with Crippen LogP contribution in [0, 0.1) is 20.8 Å². The summed E-state index contributed by atoms with van der Waals surface area (Å²) in [5.41, 5.74) is 5.13. The van der Waals surface area contributed by atoms with Crippen LogP contribution in [0.25, 0.3) is 5.13 Å². The van der Waals surface area contributed by atoms with E-state index in [0.29, 0.717) is 31.2 Å². The minimum Gasteiger partial charge on any atom is -0.497 e. The first-order valence-corrected chi connectivity index (χ1v) is 10.8. The zero-order valence-electron chi connectivity index (χ0n) is 18.2. The number of methoxy groups -OCH3 is 1. The predicted molar refractivity (Wildman–Crippen MR) is 123 cm³/mol. The van der Waals surface area contributed by atoms with Gasteiger partial charge in [-0.1, -0.05) is 23.5 Å². The lowest BCUT2D eigenvalue weighted by atomic mass is 10.0. The third kappa shape index (κ3) is 4.76. The highest BCUT2D eigenvalue weighted by Crippen LogP contribution is 2.27. The maximum Gasteiger partial charge on any atom is 0.266 e. The molecular weight excluding hydrogens is 436 g/mol. The normalized spacial score (nSPS) is 13.7. The van der Waals surface area contributed by atoms with Crippen LogP contribution >= 0.6 is 23.7 Å². The molecule has 1 amide bonds. The van der Waals surface area contributed by atoms with Crippen molar-refractivity contribution in [1.29, 1.82) is 0 Å². The first kappa shape index (κ1) is 23.2. The number of amides is 1. The summed E-state index contributed by atoms with van der Waals surface area (Å²) in [4.78, 5) is 20.1. The molecule has 31 heavy (non-hydrogen) atoms. The molecule has 2 aromatic heterocycles. The van der Waals surface area contributed by atoms with Crippen molar-refractivity contribution in [2.45, 2.75) is 27.2 Å². The molecule has 166 valence electrons. The Hall–Kier alpha value is -2.42. The van der Waals surface area contributed by atoms with E-state index in [9.17, 15) is 4.79 Å². The number of aryl methyl sites for hydroxylation is 2. The highest BCUT2D eigenvalue weighted by Gasteiger charge is 2.25. The molecule has 7 nitrogen and oxygen atoms in total. The first-order chi connectivity index (χ1) is 14.5. The van der Waals surface area contributed by atoms with Crippen LogP contribution in [-0.2, 0) is 11.2 Å². The molecule has 1 fully saturated rings. The summed E-state index contributed by atoms with van der Waals surface area (Å²) in [6, 6.07) is 8.08. The third-order valence-corrected chi connectivity index (χ3v) is 6.56. The average molecular weight is 463 g/mol. The van der Waals surface area contributed by atoms with Crippen molar-refractivity contribution < 1.29 is 14.3 Å². The van der Waals surface area contributed by atoms with Gasteiger partial charge in [-0.05, 0) is 38.5 Å². The van der Waals surface area contributed by atoms with Crippen molar-refractivity contribution in [2.75, 3.05) is 33.4 Å². The lowest BCUT2D eigenvalue weighted by molar-refractivity contribution is 0.0305. The Morgan fingerprint density at radius 2 is 1.81 bits per heavy atom. The van der Waals surface area contributed by atoms with Gasteiger partial charge >= 0.3 is 0 Å². The summed E-state index contributed by atoms with van der Waals surface area (Å²) in [6.07, 6.45) is 0.783. The van der Waals surface area contributed by atoms with Gasteiger partial charge in [-0.25, -0.2) is 9.67 Å².